The number of aliphatic hydroxyl groups excluding tert-OH is 3. The van der Waals surface area contributed by atoms with E-state index in [0.29, 0.717) is 0 Å². The van der Waals surface area contributed by atoms with Gasteiger partial charge in [0.05, 0.1) is 0 Å². The third kappa shape index (κ3) is 1.95. The lowest BCUT2D eigenvalue weighted by Crippen LogP contribution is -2.45. The molecule has 0 aromatic rings. The van der Waals surface area contributed by atoms with Crippen LogP contribution in [0.15, 0.2) is 0 Å². The molecule has 1 rings (SSSR count). The van der Waals surface area contributed by atoms with Crippen LogP contribution in [0.1, 0.15) is 0 Å². The Kier molecular flexibility index (Phi) is 3.17. The first kappa shape index (κ1) is 10.4. The normalized spacial score (nSPS) is 41.1. The molecule has 0 bridgehead atoms. The van der Waals surface area contributed by atoms with Crippen molar-refractivity contribution in [1.29, 1.82) is 0 Å². The Morgan fingerprint density at radius 1 is 1.31 bits per heavy atom. The fourth-order valence-electron chi connectivity index (χ4n) is 1.000. The number of cyclic esters (lactones) is 1. The Morgan fingerprint density at radius 3 is 2.46 bits per heavy atom. The zero-order valence-electron chi connectivity index (χ0n) is 6.53. The number of aliphatic hydroxyl groups is 3. The summed E-state index contributed by atoms with van der Waals surface area (Å²) in [6, 6.07) is 0. The third-order valence-electron chi connectivity index (χ3n) is 1.80. The van der Waals surface area contributed by atoms with Gasteiger partial charge in [-0.3, -0.25) is 5.26 Å². The molecule has 0 spiro atoms. The molecule has 0 saturated carbocycles. The fourth-order valence-corrected chi connectivity index (χ4v) is 1.000. The van der Waals surface area contributed by atoms with Crippen LogP contribution in [-0.4, -0.2) is 57.6 Å². The summed E-state index contributed by atoms with van der Waals surface area (Å²) in [4.78, 5) is 14.5. The zero-order valence-corrected chi connectivity index (χ0v) is 6.53. The SMILES string of the molecule is O=C1OC[C@@H](O)[C@@H](O)[C@H](O)[C@H]1OO. The fraction of sp³-hybridized carbons (Fsp3) is 0.833. The van der Waals surface area contributed by atoms with E-state index in [4.69, 9.17) is 20.6 Å². The lowest BCUT2D eigenvalue weighted by molar-refractivity contribution is -0.298. The van der Waals surface area contributed by atoms with Gasteiger partial charge in [0.25, 0.3) is 0 Å². The Labute approximate surface area is 73.1 Å². The predicted molar refractivity (Wildman–Crippen MR) is 36.5 cm³/mol. The van der Waals surface area contributed by atoms with Gasteiger partial charge < -0.3 is 20.1 Å². The minimum absolute atomic E-state index is 0.447. The van der Waals surface area contributed by atoms with Gasteiger partial charge in [-0.15, -0.1) is 0 Å². The molecular weight excluding hydrogens is 184 g/mol. The number of carbonyl (C=O) groups is 1. The molecule has 76 valence electrons. The van der Waals surface area contributed by atoms with Crippen LogP contribution in [0, 0.1) is 0 Å². The average molecular weight is 194 g/mol. The zero-order chi connectivity index (χ0) is 10.0. The first-order valence-electron chi connectivity index (χ1n) is 3.59. The van der Waals surface area contributed by atoms with Gasteiger partial charge in [-0.2, -0.15) is 0 Å². The molecule has 7 nitrogen and oxygen atoms in total. The summed E-state index contributed by atoms with van der Waals surface area (Å²) in [5, 5.41) is 35.5. The van der Waals surface area contributed by atoms with Crippen molar-refractivity contribution in [3.05, 3.63) is 0 Å². The standard InChI is InChI=1S/C6H10O7/c7-2-1-12-6(10)5(13-11)4(9)3(2)8/h2-5,7-9,11H,1H2/t2-,3-,4+,5-/m1/s1. The van der Waals surface area contributed by atoms with Crippen LogP contribution in [0.25, 0.3) is 0 Å². The second-order valence-electron chi connectivity index (χ2n) is 2.70. The van der Waals surface area contributed by atoms with E-state index in [1.165, 1.54) is 0 Å². The van der Waals surface area contributed by atoms with E-state index in [0.717, 1.165) is 0 Å². The molecule has 0 aromatic carbocycles. The highest BCUT2D eigenvalue weighted by atomic mass is 17.1. The molecule has 0 amide bonds. The number of carbonyl (C=O) groups excluding carboxylic acids is 1. The minimum Gasteiger partial charge on any atom is -0.461 e. The Morgan fingerprint density at radius 2 is 1.92 bits per heavy atom. The van der Waals surface area contributed by atoms with E-state index < -0.39 is 37.0 Å². The molecule has 1 fully saturated rings. The summed E-state index contributed by atoms with van der Waals surface area (Å²) in [6.45, 7) is -0.447. The highest BCUT2D eigenvalue weighted by Gasteiger charge is 2.41. The van der Waals surface area contributed by atoms with Crippen LogP contribution < -0.4 is 0 Å². The topological polar surface area (TPSA) is 116 Å². The van der Waals surface area contributed by atoms with E-state index in [9.17, 15) is 4.79 Å². The monoisotopic (exact) mass is 194 g/mol. The molecule has 1 aliphatic rings. The smallest absolute Gasteiger partial charge is 0.341 e. The Balaban J connectivity index is 2.78. The van der Waals surface area contributed by atoms with Crippen molar-refractivity contribution in [1.82, 2.24) is 0 Å². The maximum Gasteiger partial charge on any atom is 0.341 e. The number of ether oxygens (including phenoxy) is 1. The van der Waals surface area contributed by atoms with E-state index in [2.05, 4.69) is 9.62 Å². The first-order chi connectivity index (χ1) is 6.07. The molecule has 7 heteroatoms. The molecule has 0 aromatic heterocycles. The van der Waals surface area contributed by atoms with Crippen LogP contribution in [0.5, 0.6) is 0 Å². The maximum atomic E-state index is 10.9. The molecule has 0 aliphatic carbocycles. The van der Waals surface area contributed by atoms with Gasteiger partial charge in [0, 0.05) is 0 Å². The highest BCUT2D eigenvalue weighted by Crippen LogP contribution is 2.13. The third-order valence-corrected chi connectivity index (χ3v) is 1.80. The van der Waals surface area contributed by atoms with Crippen molar-refractivity contribution in [2.24, 2.45) is 0 Å². The van der Waals surface area contributed by atoms with Crippen LogP contribution in [0.3, 0.4) is 0 Å². The molecule has 1 heterocycles. The summed E-state index contributed by atoms with van der Waals surface area (Å²) in [5.74, 6) is -1.04. The summed E-state index contributed by atoms with van der Waals surface area (Å²) in [7, 11) is 0. The quantitative estimate of drug-likeness (QED) is 0.207. The molecular formula is C6H10O7. The molecule has 13 heavy (non-hydrogen) atoms. The second kappa shape index (κ2) is 3.99. The van der Waals surface area contributed by atoms with Crippen LogP contribution in [0.2, 0.25) is 0 Å². The highest BCUT2D eigenvalue weighted by molar-refractivity contribution is 5.75. The number of rotatable bonds is 1. The predicted octanol–water partition coefficient (Wildman–Crippen LogP) is -2.52. The van der Waals surface area contributed by atoms with E-state index >= 15 is 0 Å². The Bertz CT molecular complexity index is 193. The van der Waals surface area contributed by atoms with Crippen molar-refractivity contribution in [3.63, 3.8) is 0 Å². The molecule has 0 unspecified atom stereocenters. The molecule has 4 N–H and O–H groups in total. The van der Waals surface area contributed by atoms with Crippen molar-refractivity contribution in [2.45, 2.75) is 24.4 Å². The van der Waals surface area contributed by atoms with Gasteiger partial charge in [0.1, 0.15) is 24.9 Å². The maximum absolute atomic E-state index is 10.9. The van der Waals surface area contributed by atoms with Crippen LogP contribution >= 0.6 is 0 Å². The number of hydrogen-bond acceptors (Lipinski definition) is 7. The van der Waals surface area contributed by atoms with E-state index in [-0.39, 0.29) is 0 Å². The van der Waals surface area contributed by atoms with E-state index in [1.807, 2.05) is 0 Å². The number of esters is 1. The van der Waals surface area contributed by atoms with Gasteiger partial charge in [-0.05, 0) is 0 Å². The molecule has 1 saturated heterocycles. The first-order valence-corrected chi connectivity index (χ1v) is 3.59. The second-order valence-corrected chi connectivity index (χ2v) is 2.70. The van der Waals surface area contributed by atoms with E-state index in [1.54, 1.807) is 0 Å². The average Bonchev–Trinajstić information content (AvgIpc) is 2.20. The summed E-state index contributed by atoms with van der Waals surface area (Å²) < 4.78 is 4.37. The largest absolute Gasteiger partial charge is 0.461 e. The Hall–Kier alpha value is -0.730. The van der Waals surface area contributed by atoms with Crippen LogP contribution in [0.4, 0.5) is 0 Å². The van der Waals surface area contributed by atoms with Crippen molar-refractivity contribution >= 4 is 5.97 Å². The summed E-state index contributed by atoms with van der Waals surface area (Å²) in [5.41, 5.74) is 0. The lowest BCUT2D eigenvalue weighted by Gasteiger charge is -2.20. The van der Waals surface area contributed by atoms with Gasteiger partial charge in [0.2, 0.25) is 6.10 Å². The molecule has 4 atom stereocenters. The molecule has 1 aliphatic heterocycles. The van der Waals surface area contributed by atoms with Crippen molar-refractivity contribution in [2.75, 3.05) is 6.61 Å². The summed E-state index contributed by atoms with van der Waals surface area (Å²) in [6.07, 6.45) is -6.38. The molecule has 0 radical (unpaired) electrons. The summed E-state index contributed by atoms with van der Waals surface area (Å²) >= 11 is 0. The number of hydrogen-bond donors (Lipinski definition) is 4. The van der Waals surface area contributed by atoms with Gasteiger partial charge in [0.15, 0.2) is 0 Å². The van der Waals surface area contributed by atoms with Crippen molar-refractivity contribution in [3.8, 4) is 0 Å². The van der Waals surface area contributed by atoms with Gasteiger partial charge in [-0.1, -0.05) is 0 Å². The van der Waals surface area contributed by atoms with Gasteiger partial charge >= 0.3 is 5.97 Å². The lowest BCUT2D eigenvalue weighted by atomic mass is 10.1. The minimum atomic E-state index is -1.71. The van der Waals surface area contributed by atoms with Crippen LogP contribution in [-0.2, 0) is 14.4 Å². The van der Waals surface area contributed by atoms with Crippen molar-refractivity contribution < 1.29 is 35.0 Å². The van der Waals surface area contributed by atoms with Gasteiger partial charge in [-0.25, -0.2) is 9.68 Å².